The van der Waals surface area contributed by atoms with E-state index in [9.17, 15) is 14.4 Å². The molecular formula is C23H24ClNO4. The Hall–Kier alpha value is -2.66. The van der Waals surface area contributed by atoms with Crippen LogP contribution in [-0.2, 0) is 19.7 Å². The minimum atomic E-state index is -1.16. The van der Waals surface area contributed by atoms with Gasteiger partial charge in [-0.15, -0.1) is 0 Å². The number of carbonyl (C=O) groups excluding carboxylic acids is 3. The van der Waals surface area contributed by atoms with Gasteiger partial charge in [0, 0.05) is 11.4 Å². The number of Topliss-reactive ketones (excluding diaryl/α,β-unsaturated/α-hetero) is 1. The van der Waals surface area contributed by atoms with Crippen LogP contribution in [0.2, 0.25) is 5.02 Å². The molecule has 2 aromatic carbocycles. The summed E-state index contributed by atoms with van der Waals surface area (Å²) in [5.41, 5.74) is -0.174. The van der Waals surface area contributed by atoms with Gasteiger partial charge in [-0.3, -0.25) is 4.79 Å². The zero-order valence-corrected chi connectivity index (χ0v) is 17.7. The lowest BCUT2D eigenvalue weighted by molar-refractivity contribution is -0.122. The van der Waals surface area contributed by atoms with Gasteiger partial charge in [-0.05, 0) is 57.4 Å². The number of rotatable bonds is 4. The standard InChI is InChI=1S/C23H24ClNO4/c1-15(26)12-13-23(16-8-6-5-7-9-16)18-11-10-17(24)14-19(18)25(20(23)27)21(28)29-22(2,3)4/h5-11,14H,12-13H2,1-4H3. The molecule has 5 nitrogen and oxygen atoms in total. The number of imide groups is 1. The maximum Gasteiger partial charge on any atom is 0.421 e. The lowest BCUT2D eigenvalue weighted by Gasteiger charge is -2.29. The summed E-state index contributed by atoms with van der Waals surface area (Å²) < 4.78 is 5.50. The fourth-order valence-corrected chi connectivity index (χ4v) is 3.87. The molecule has 0 saturated carbocycles. The van der Waals surface area contributed by atoms with Crippen LogP contribution in [0.5, 0.6) is 0 Å². The average Bonchev–Trinajstić information content (AvgIpc) is 2.87. The normalized spacial score (nSPS) is 18.5. The van der Waals surface area contributed by atoms with Gasteiger partial charge in [-0.1, -0.05) is 48.0 Å². The Balaban J connectivity index is 2.23. The second kappa shape index (κ2) is 7.64. The van der Waals surface area contributed by atoms with E-state index in [4.69, 9.17) is 16.3 Å². The summed E-state index contributed by atoms with van der Waals surface area (Å²) in [5, 5.41) is 0.403. The smallest absolute Gasteiger partial charge is 0.421 e. The predicted octanol–water partition coefficient (Wildman–Crippen LogP) is 5.28. The molecule has 0 saturated heterocycles. The van der Waals surface area contributed by atoms with E-state index < -0.39 is 23.0 Å². The molecule has 0 bridgehead atoms. The van der Waals surface area contributed by atoms with Crippen molar-refractivity contribution in [1.82, 2.24) is 0 Å². The third-order valence-corrected chi connectivity index (χ3v) is 5.16. The van der Waals surface area contributed by atoms with Gasteiger partial charge >= 0.3 is 6.09 Å². The van der Waals surface area contributed by atoms with Gasteiger partial charge in [-0.2, -0.15) is 0 Å². The number of amides is 2. The number of ether oxygens (including phenoxy) is 1. The van der Waals surface area contributed by atoms with Crippen molar-refractivity contribution < 1.29 is 19.1 Å². The maximum atomic E-state index is 13.8. The molecule has 1 aliphatic heterocycles. The zero-order chi connectivity index (χ0) is 21.4. The number of benzene rings is 2. The molecule has 29 heavy (non-hydrogen) atoms. The lowest BCUT2D eigenvalue weighted by atomic mass is 9.72. The average molecular weight is 414 g/mol. The Morgan fingerprint density at radius 1 is 1.10 bits per heavy atom. The van der Waals surface area contributed by atoms with Gasteiger partial charge < -0.3 is 9.53 Å². The molecule has 0 fully saturated rings. The number of hydrogen-bond donors (Lipinski definition) is 0. The van der Waals surface area contributed by atoms with Gasteiger partial charge in [0.1, 0.15) is 16.8 Å². The van der Waals surface area contributed by atoms with Crippen LogP contribution in [0.3, 0.4) is 0 Å². The lowest BCUT2D eigenvalue weighted by Crippen LogP contribution is -2.46. The van der Waals surface area contributed by atoms with Gasteiger partial charge in [0.2, 0.25) is 0 Å². The molecule has 2 aromatic rings. The van der Waals surface area contributed by atoms with E-state index in [0.29, 0.717) is 16.3 Å². The summed E-state index contributed by atoms with van der Waals surface area (Å²) in [6.45, 7) is 6.71. The maximum absolute atomic E-state index is 13.8. The summed E-state index contributed by atoms with van der Waals surface area (Å²) in [5.74, 6) is -0.462. The van der Waals surface area contributed by atoms with E-state index in [-0.39, 0.29) is 18.6 Å². The topological polar surface area (TPSA) is 63.7 Å². The molecule has 6 heteroatoms. The zero-order valence-electron chi connectivity index (χ0n) is 17.0. The Morgan fingerprint density at radius 3 is 2.34 bits per heavy atom. The molecule has 3 rings (SSSR count). The van der Waals surface area contributed by atoms with Crippen LogP contribution in [0.25, 0.3) is 0 Å². The molecule has 1 unspecified atom stereocenters. The van der Waals surface area contributed by atoms with Crippen molar-refractivity contribution in [2.24, 2.45) is 0 Å². The molecule has 1 heterocycles. The predicted molar refractivity (Wildman–Crippen MR) is 112 cm³/mol. The van der Waals surface area contributed by atoms with Crippen LogP contribution >= 0.6 is 11.6 Å². The first-order chi connectivity index (χ1) is 13.6. The van der Waals surface area contributed by atoms with Gasteiger partial charge in [0.05, 0.1) is 5.69 Å². The molecule has 0 N–H and O–H groups in total. The van der Waals surface area contributed by atoms with Crippen molar-refractivity contribution in [1.29, 1.82) is 0 Å². The van der Waals surface area contributed by atoms with E-state index in [1.807, 2.05) is 30.3 Å². The third-order valence-electron chi connectivity index (χ3n) is 4.92. The van der Waals surface area contributed by atoms with Crippen LogP contribution < -0.4 is 4.90 Å². The molecule has 0 radical (unpaired) electrons. The number of fused-ring (bicyclic) bond motifs is 1. The molecule has 1 aliphatic rings. The highest BCUT2D eigenvalue weighted by Gasteiger charge is 2.54. The van der Waals surface area contributed by atoms with Crippen molar-refractivity contribution in [3.63, 3.8) is 0 Å². The fraction of sp³-hybridized carbons (Fsp3) is 0.348. The second-order valence-electron chi connectivity index (χ2n) is 8.26. The summed E-state index contributed by atoms with van der Waals surface area (Å²) in [7, 11) is 0. The van der Waals surface area contributed by atoms with Crippen molar-refractivity contribution in [2.45, 2.75) is 51.6 Å². The van der Waals surface area contributed by atoms with Crippen molar-refractivity contribution in [3.05, 3.63) is 64.7 Å². The molecule has 2 amide bonds. The second-order valence-corrected chi connectivity index (χ2v) is 8.69. The summed E-state index contributed by atoms with van der Waals surface area (Å²) >= 11 is 6.20. The van der Waals surface area contributed by atoms with Crippen molar-refractivity contribution in [3.8, 4) is 0 Å². The van der Waals surface area contributed by atoms with Gasteiger partial charge in [-0.25, -0.2) is 9.69 Å². The highest BCUT2D eigenvalue weighted by Crippen LogP contribution is 2.50. The van der Waals surface area contributed by atoms with Crippen LogP contribution in [0.4, 0.5) is 10.5 Å². The minimum absolute atomic E-state index is 0.0284. The number of halogens is 1. The molecular weight excluding hydrogens is 390 g/mol. The Labute approximate surface area is 175 Å². The Bertz CT molecular complexity index is 965. The summed E-state index contributed by atoms with van der Waals surface area (Å²) in [6, 6.07) is 14.3. The van der Waals surface area contributed by atoms with Crippen LogP contribution in [0.1, 0.15) is 51.7 Å². The van der Waals surface area contributed by atoms with Gasteiger partial charge in [0.25, 0.3) is 5.91 Å². The Morgan fingerprint density at radius 2 is 1.76 bits per heavy atom. The minimum Gasteiger partial charge on any atom is -0.443 e. The van der Waals surface area contributed by atoms with Crippen LogP contribution in [-0.4, -0.2) is 23.4 Å². The molecule has 0 aliphatic carbocycles. The monoisotopic (exact) mass is 413 g/mol. The van der Waals surface area contributed by atoms with E-state index in [0.717, 1.165) is 10.5 Å². The van der Waals surface area contributed by atoms with E-state index >= 15 is 0 Å². The first-order valence-corrected chi connectivity index (χ1v) is 9.86. The number of nitrogens with zero attached hydrogens (tertiary/aromatic N) is 1. The molecule has 152 valence electrons. The van der Waals surface area contributed by atoms with E-state index in [2.05, 4.69) is 0 Å². The van der Waals surface area contributed by atoms with Crippen molar-refractivity contribution in [2.75, 3.05) is 4.90 Å². The van der Waals surface area contributed by atoms with Gasteiger partial charge in [0.15, 0.2) is 0 Å². The summed E-state index contributed by atoms with van der Waals surface area (Å²) in [6.07, 6.45) is -0.309. The molecule has 0 spiro atoms. The fourth-order valence-electron chi connectivity index (χ4n) is 3.71. The molecule has 1 atom stereocenters. The number of anilines is 1. The van der Waals surface area contributed by atoms with Crippen molar-refractivity contribution >= 4 is 35.1 Å². The molecule has 0 aromatic heterocycles. The van der Waals surface area contributed by atoms with Crippen LogP contribution in [0, 0.1) is 0 Å². The quantitative estimate of drug-likeness (QED) is 0.684. The first kappa shape index (κ1) is 21.1. The summed E-state index contributed by atoms with van der Waals surface area (Å²) in [4.78, 5) is 39.6. The third kappa shape index (κ3) is 3.92. The highest BCUT2D eigenvalue weighted by molar-refractivity contribution is 6.32. The Kier molecular flexibility index (Phi) is 5.54. The van der Waals surface area contributed by atoms with E-state index in [1.165, 1.54) is 6.92 Å². The van der Waals surface area contributed by atoms with Crippen LogP contribution in [0.15, 0.2) is 48.5 Å². The number of carbonyl (C=O) groups is 3. The highest BCUT2D eigenvalue weighted by atomic mass is 35.5. The first-order valence-electron chi connectivity index (χ1n) is 9.49. The van der Waals surface area contributed by atoms with E-state index in [1.54, 1.807) is 39.0 Å². The largest absolute Gasteiger partial charge is 0.443 e. The number of hydrogen-bond acceptors (Lipinski definition) is 4. The SMILES string of the molecule is CC(=O)CCC1(c2ccccc2)C(=O)N(C(=O)OC(C)(C)C)c2cc(Cl)ccc21. The number of ketones is 1.